The number of aromatic nitrogens is 1. The van der Waals surface area contributed by atoms with E-state index in [4.69, 9.17) is 30.1 Å². The maximum absolute atomic E-state index is 8.90. The van der Waals surface area contributed by atoms with E-state index in [0.717, 1.165) is 80.8 Å². The summed E-state index contributed by atoms with van der Waals surface area (Å²) in [6, 6.07) is 15.3. The van der Waals surface area contributed by atoms with Crippen LogP contribution in [-0.2, 0) is 4.74 Å². The van der Waals surface area contributed by atoms with Crippen molar-refractivity contribution < 1.29 is 19.4 Å². The van der Waals surface area contributed by atoms with E-state index in [1.54, 1.807) is 35.6 Å². The van der Waals surface area contributed by atoms with Gasteiger partial charge in [0.25, 0.3) is 0 Å². The number of anilines is 2. The highest BCUT2D eigenvalue weighted by Gasteiger charge is 2.24. The van der Waals surface area contributed by atoms with Crippen LogP contribution in [0.4, 0.5) is 10.1 Å². The molecule has 2 fully saturated rings. The lowest BCUT2D eigenvalue weighted by molar-refractivity contribution is -0.00211. The van der Waals surface area contributed by atoms with Crippen molar-refractivity contribution >= 4 is 27.3 Å². The van der Waals surface area contributed by atoms with Gasteiger partial charge in [0.05, 0.1) is 13.2 Å². The molecule has 0 saturated carbocycles. The van der Waals surface area contributed by atoms with Gasteiger partial charge in [-0.1, -0.05) is 29.8 Å². The quantitative estimate of drug-likeness (QED) is 0.100. The molecule has 5 rings (SSSR count). The molecule has 3 heterocycles. The van der Waals surface area contributed by atoms with Crippen LogP contribution in [0.2, 0.25) is 0 Å². The Hall–Kier alpha value is -3.50. The summed E-state index contributed by atoms with van der Waals surface area (Å²) in [6.45, 7) is 7.55. The first-order valence-electron chi connectivity index (χ1n) is 14.2. The van der Waals surface area contributed by atoms with Crippen molar-refractivity contribution in [3.05, 3.63) is 54.1 Å². The van der Waals surface area contributed by atoms with Gasteiger partial charge in [0, 0.05) is 43.7 Å². The topological polar surface area (TPSA) is 106 Å². The van der Waals surface area contributed by atoms with Crippen molar-refractivity contribution in [1.82, 2.24) is 4.98 Å². The van der Waals surface area contributed by atoms with Crippen LogP contribution >= 0.6 is 11.3 Å². The number of benzene rings is 2. The number of amidine groups is 1. The van der Waals surface area contributed by atoms with Crippen molar-refractivity contribution in [1.29, 1.82) is 0 Å². The van der Waals surface area contributed by atoms with Gasteiger partial charge < -0.3 is 35.0 Å². The molecular formula is C30H39N5O4S. The van der Waals surface area contributed by atoms with Crippen LogP contribution in [0.3, 0.4) is 0 Å². The maximum atomic E-state index is 8.90. The third-order valence-electron chi connectivity index (χ3n) is 7.24. The van der Waals surface area contributed by atoms with Crippen LogP contribution < -0.4 is 25.0 Å². The van der Waals surface area contributed by atoms with E-state index in [2.05, 4.69) is 34.0 Å². The Kier molecular flexibility index (Phi) is 9.62. The summed E-state index contributed by atoms with van der Waals surface area (Å²) in [6.07, 6.45) is 6.09. The van der Waals surface area contributed by atoms with Gasteiger partial charge >= 0.3 is 0 Å². The van der Waals surface area contributed by atoms with Gasteiger partial charge in [-0.2, -0.15) is 0 Å². The Labute approximate surface area is 240 Å². The molecule has 1 atom stereocenters. The number of oxime groups is 1. The molecule has 0 spiro atoms. The number of unbranched alkanes of at least 4 members (excludes halogenated alkanes) is 1. The van der Waals surface area contributed by atoms with E-state index in [0.29, 0.717) is 11.3 Å². The van der Waals surface area contributed by atoms with Crippen LogP contribution in [0.15, 0.2) is 53.7 Å². The Morgan fingerprint density at radius 1 is 0.975 bits per heavy atom. The van der Waals surface area contributed by atoms with E-state index in [9.17, 15) is 0 Å². The van der Waals surface area contributed by atoms with Crippen LogP contribution in [0.25, 0.3) is 11.3 Å². The molecule has 0 bridgehead atoms. The van der Waals surface area contributed by atoms with E-state index in [-0.39, 0.29) is 5.84 Å². The van der Waals surface area contributed by atoms with Crippen LogP contribution in [0.5, 0.6) is 11.5 Å². The van der Waals surface area contributed by atoms with Crippen molar-refractivity contribution in [2.24, 2.45) is 10.9 Å². The minimum atomic E-state index is -0.436. The second kappa shape index (κ2) is 13.7. The molecular weight excluding hydrogens is 526 g/mol. The molecule has 3 aromatic rings. The number of rotatable bonds is 11. The molecule has 0 radical (unpaired) electrons. The molecule has 10 heteroatoms. The first kappa shape index (κ1) is 28.0. The number of piperidine rings is 1. The first-order valence-corrected chi connectivity index (χ1v) is 15.1. The lowest BCUT2D eigenvalue weighted by Crippen LogP contribution is -2.36. The number of nitrogens with zero attached hydrogens (tertiary/aromatic N) is 4. The fraction of sp³-hybridized carbons (Fsp3) is 0.467. The smallest absolute Gasteiger partial charge is 0.241 e. The minimum Gasteiger partial charge on any atom is -0.455 e. The normalized spacial score (nSPS) is 17.1. The number of hydrogen-bond donors (Lipinski definition) is 2. The second-order valence-electron chi connectivity index (χ2n) is 10.1. The molecule has 1 unspecified atom stereocenters. The van der Waals surface area contributed by atoms with Crippen molar-refractivity contribution in [3.63, 3.8) is 0 Å². The summed E-state index contributed by atoms with van der Waals surface area (Å²) >= 11 is 1.80. The van der Waals surface area contributed by atoms with Crippen LogP contribution in [0.1, 0.15) is 51.0 Å². The number of thiazole rings is 1. The molecule has 1 aromatic heterocycles. The predicted molar refractivity (Wildman–Crippen MR) is 160 cm³/mol. The lowest BCUT2D eigenvalue weighted by Gasteiger charge is -2.28. The van der Waals surface area contributed by atoms with Crippen molar-refractivity contribution in [2.45, 2.75) is 51.7 Å². The molecule has 2 aromatic carbocycles. The van der Waals surface area contributed by atoms with Gasteiger partial charge in [0.15, 0.2) is 11.0 Å². The predicted octanol–water partition coefficient (Wildman–Crippen LogP) is 5.71. The Bertz CT molecular complexity index is 1240. The standard InChI is InChI=1S/C30H39N5O4S/c1-2-3-7-26(39-25-14-10-23(11-15-25)28(31)33-36)38-24-12-8-22(9-13-24)27-29(34-18-20-37-21-19-34)40-30(32-27)35-16-5-4-6-17-35/h8-15,26,36H,2-7,16-21H2,1H3,(H2,31,33). The molecule has 2 saturated heterocycles. The number of ether oxygens (including phenoxy) is 3. The zero-order chi connectivity index (χ0) is 27.7. The van der Waals surface area contributed by atoms with Crippen molar-refractivity contribution in [3.8, 4) is 22.8 Å². The molecule has 40 heavy (non-hydrogen) atoms. The largest absolute Gasteiger partial charge is 0.455 e. The molecule has 2 aliphatic heterocycles. The molecule has 0 amide bonds. The monoisotopic (exact) mass is 565 g/mol. The van der Waals surface area contributed by atoms with Crippen molar-refractivity contribution in [2.75, 3.05) is 49.2 Å². The SMILES string of the molecule is CCCCC(Oc1ccc(C(N)=NO)cc1)Oc1ccc(-c2nc(N3CCCCC3)sc2N2CCOCC2)cc1. The summed E-state index contributed by atoms with van der Waals surface area (Å²) in [4.78, 5) is 10.0. The Balaban J connectivity index is 1.32. The highest BCUT2D eigenvalue weighted by atomic mass is 32.1. The summed E-state index contributed by atoms with van der Waals surface area (Å²) < 4.78 is 18.1. The highest BCUT2D eigenvalue weighted by Crippen LogP contribution is 2.41. The van der Waals surface area contributed by atoms with Crippen LogP contribution in [0, 0.1) is 0 Å². The molecule has 214 valence electrons. The average Bonchev–Trinajstić information content (AvgIpc) is 3.47. The van der Waals surface area contributed by atoms with Gasteiger partial charge in [-0.25, -0.2) is 4.98 Å². The zero-order valence-corrected chi connectivity index (χ0v) is 23.9. The fourth-order valence-corrected chi connectivity index (χ4v) is 6.15. The number of hydrogen-bond acceptors (Lipinski definition) is 9. The summed E-state index contributed by atoms with van der Waals surface area (Å²) in [7, 11) is 0. The third kappa shape index (κ3) is 6.98. The summed E-state index contributed by atoms with van der Waals surface area (Å²) in [5.41, 5.74) is 8.41. The van der Waals surface area contributed by atoms with Gasteiger partial charge in [-0.05, 0) is 74.2 Å². The third-order valence-corrected chi connectivity index (χ3v) is 8.41. The average molecular weight is 566 g/mol. The fourth-order valence-electron chi connectivity index (χ4n) is 4.96. The van der Waals surface area contributed by atoms with E-state index in [1.165, 1.54) is 24.3 Å². The first-order chi connectivity index (χ1) is 19.6. The minimum absolute atomic E-state index is 0.0605. The zero-order valence-electron chi connectivity index (χ0n) is 23.1. The summed E-state index contributed by atoms with van der Waals surface area (Å²) in [5, 5.41) is 14.3. The van der Waals surface area contributed by atoms with E-state index < -0.39 is 6.29 Å². The van der Waals surface area contributed by atoms with Gasteiger partial charge in [-0.15, -0.1) is 0 Å². The molecule has 3 N–H and O–H groups in total. The molecule has 2 aliphatic rings. The number of nitrogens with two attached hydrogens (primary N) is 1. The van der Waals surface area contributed by atoms with Gasteiger partial charge in [0.2, 0.25) is 6.29 Å². The Morgan fingerprint density at radius 2 is 1.62 bits per heavy atom. The van der Waals surface area contributed by atoms with E-state index in [1.807, 2.05) is 12.1 Å². The Morgan fingerprint density at radius 3 is 2.25 bits per heavy atom. The molecule has 0 aliphatic carbocycles. The molecule has 9 nitrogen and oxygen atoms in total. The summed E-state index contributed by atoms with van der Waals surface area (Å²) in [5.74, 6) is 1.47. The van der Waals surface area contributed by atoms with Gasteiger partial charge in [0.1, 0.15) is 22.2 Å². The second-order valence-corrected chi connectivity index (χ2v) is 11.1. The maximum Gasteiger partial charge on any atom is 0.241 e. The number of morpholine rings is 1. The highest BCUT2D eigenvalue weighted by molar-refractivity contribution is 7.20. The van der Waals surface area contributed by atoms with Crippen LogP contribution in [-0.4, -0.2) is 61.7 Å². The van der Waals surface area contributed by atoms with Gasteiger partial charge in [-0.3, -0.25) is 0 Å². The van der Waals surface area contributed by atoms with E-state index >= 15 is 0 Å². The lowest BCUT2D eigenvalue weighted by atomic mass is 10.1.